The predicted molar refractivity (Wildman–Crippen MR) is 101 cm³/mol. The molecule has 1 saturated carbocycles. The monoisotopic (exact) mass is 351 g/mol. The summed E-state index contributed by atoms with van der Waals surface area (Å²) in [5.74, 6) is 0.380. The number of aliphatic hydroxyl groups excluding tert-OH is 1. The van der Waals surface area contributed by atoms with E-state index in [0.29, 0.717) is 12.5 Å². The first kappa shape index (κ1) is 17.1. The normalized spacial score (nSPS) is 18.4. The Morgan fingerprint density at radius 1 is 1.12 bits per heavy atom. The van der Waals surface area contributed by atoms with Crippen molar-refractivity contribution in [1.29, 1.82) is 0 Å². The van der Waals surface area contributed by atoms with Crippen molar-refractivity contribution < 1.29 is 14.6 Å². The lowest BCUT2D eigenvalue weighted by molar-refractivity contribution is 0.0610. The van der Waals surface area contributed by atoms with Gasteiger partial charge in [0.15, 0.2) is 0 Å². The summed E-state index contributed by atoms with van der Waals surface area (Å²) in [5.41, 5.74) is 4.23. The highest BCUT2D eigenvalue weighted by Gasteiger charge is 2.39. The average molecular weight is 351 g/mol. The molecule has 2 aliphatic carbocycles. The van der Waals surface area contributed by atoms with E-state index in [0.717, 1.165) is 19.3 Å². The van der Waals surface area contributed by atoms with Gasteiger partial charge in [-0.05, 0) is 47.9 Å². The second kappa shape index (κ2) is 6.76. The van der Waals surface area contributed by atoms with Crippen LogP contribution in [-0.2, 0) is 4.74 Å². The number of nitrogens with one attached hydrogen (secondary N) is 1. The number of rotatable bonds is 5. The van der Waals surface area contributed by atoms with E-state index < -0.39 is 11.6 Å². The zero-order valence-electron chi connectivity index (χ0n) is 15.1. The number of ether oxygens (including phenoxy) is 1. The van der Waals surface area contributed by atoms with E-state index in [1.165, 1.54) is 22.3 Å². The number of aliphatic hydroxyl groups is 1. The first-order valence-corrected chi connectivity index (χ1v) is 9.36. The molecule has 1 fully saturated rings. The van der Waals surface area contributed by atoms with Gasteiger partial charge in [0.05, 0.1) is 12.1 Å². The number of carbonyl (C=O) groups is 1. The van der Waals surface area contributed by atoms with Gasteiger partial charge in [-0.25, -0.2) is 4.79 Å². The Hall–Kier alpha value is -2.33. The van der Waals surface area contributed by atoms with Gasteiger partial charge in [0, 0.05) is 5.92 Å². The quantitative estimate of drug-likeness (QED) is 0.853. The molecule has 2 aliphatic rings. The minimum absolute atomic E-state index is 0.0530. The van der Waals surface area contributed by atoms with Crippen molar-refractivity contribution in [2.24, 2.45) is 5.92 Å². The van der Waals surface area contributed by atoms with Gasteiger partial charge in [0.1, 0.15) is 6.61 Å². The van der Waals surface area contributed by atoms with Crippen molar-refractivity contribution in [1.82, 2.24) is 5.32 Å². The molecule has 0 heterocycles. The molecule has 1 amide bonds. The van der Waals surface area contributed by atoms with Crippen LogP contribution in [0.1, 0.15) is 43.2 Å². The summed E-state index contributed by atoms with van der Waals surface area (Å²) >= 11 is 0. The fourth-order valence-electron chi connectivity index (χ4n) is 4.18. The average Bonchev–Trinajstić information content (AvgIpc) is 2.92. The minimum atomic E-state index is -0.596. The van der Waals surface area contributed by atoms with Crippen LogP contribution in [0.15, 0.2) is 48.5 Å². The Labute approximate surface area is 154 Å². The predicted octanol–water partition coefficient (Wildman–Crippen LogP) is 4.08. The molecule has 4 heteroatoms. The van der Waals surface area contributed by atoms with Crippen LogP contribution in [-0.4, -0.2) is 30.0 Å². The fourth-order valence-corrected chi connectivity index (χ4v) is 4.18. The maximum Gasteiger partial charge on any atom is 0.407 e. The highest BCUT2D eigenvalue weighted by molar-refractivity contribution is 5.79. The third-order valence-electron chi connectivity index (χ3n) is 6.07. The number of carbonyl (C=O) groups excluding carboxylic acids is 1. The van der Waals surface area contributed by atoms with Gasteiger partial charge < -0.3 is 15.2 Å². The van der Waals surface area contributed by atoms with E-state index in [1.807, 2.05) is 31.2 Å². The largest absolute Gasteiger partial charge is 0.449 e. The molecule has 2 aromatic rings. The summed E-state index contributed by atoms with van der Waals surface area (Å²) in [4.78, 5) is 12.4. The van der Waals surface area contributed by atoms with E-state index in [9.17, 15) is 9.90 Å². The first-order valence-electron chi connectivity index (χ1n) is 9.36. The highest BCUT2D eigenvalue weighted by atomic mass is 16.5. The lowest BCUT2D eigenvalue weighted by atomic mass is 9.72. The van der Waals surface area contributed by atoms with Crippen LogP contribution in [0, 0.1) is 5.92 Å². The van der Waals surface area contributed by atoms with Crippen molar-refractivity contribution in [2.45, 2.75) is 37.6 Å². The van der Waals surface area contributed by atoms with Crippen LogP contribution >= 0.6 is 0 Å². The second-order valence-electron chi connectivity index (χ2n) is 7.65. The van der Waals surface area contributed by atoms with Gasteiger partial charge in [-0.2, -0.15) is 0 Å². The van der Waals surface area contributed by atoms with Gasteiger partial charge in [-0.15, -0.1) is 0 Å². The molecule has 2 aromatic carbocycles. The number of amides is 1. The van der Waals surface area contributed by atoms with Crippen molar-refractivity contribution in [3.63, 3.8) is 0 Å². The van der Waals surface area contributed by atoms with E-state index in [2.05, 4.69) is 29.6 Å². The smallest absolute Gasteiger partial charge is 0.407 e. The lowest BCUT2D eigenvalue weighted by Crippen LogP contribution is -2.56. The molecule has 26 heavy (non-hydrogen) atoms. The summed E-state index contributed by atoms with van der Waals surface area (Å²) in [6.45, 7) is 2.13. The van der Waals surface area contributed by atoms with Crippen LogP contribution in [0.25, 0.3) is 11.1 Å². The molecule has 4 rings (SSSR count). The topological polar surface area (TPSA) is 58.6 Å². The Morgan fingerprint density at radius 3 is 2.19 bits per heavy atom. The van der Waals surface area contributed by atoms with Crippen LogP contribution in [0.3, 0.4) is 0 Å². The molecule has 1 atom stereocenters. The third-order valence-corrected chi connectivity index (χ3v) is 6.07. The van der Waals surface area contributed by atoms with Crippen molar-refractivity contribution in [3.8, 4) is 11.1 Å². The molecular formula is C22H25NO3. The Bertz CT molecular complexity index is 769. The molecular weight excluding hydrogens is 326 g/mol. The van der Waals surface area contributed by atoms with Crippen LogP contribution in [0.4, 0.5) is 4.79 Å². The SMILES string of the molecule is CC(CO)(NC(=O)OCC1c2ccccc2-c2ccccc21)C1CCC1. The summed E-state index contributed by atoms with van der Waals surface area (Å²) in [5, 5.41) is 12.6. The lowest BCUT2D eigenvalue weighted by Gasteiger charge is -2.41. The fraction of sp³-hybridized carbons (Fsp3) is 0.409. The zero-order valence-corrected chi connectivity index (χ0v) is 15.1. The molecule has 4 nitrogen and oxygen atoms in total. The zero-order chi connectivity index (χ0) is 18.1. The molecule has 0 bridgehead atoms. The molecule has 0 aliphatic heterocycles. The van der Waals surface area contributed by atoms with Crippen LogP contribution in [0.2, 0.25) is 0 Å². The second-order valence-corrected chi connectivity index (χ2v) is 7.65. The van der Waals surface area contributed by atoms with E-state index >= 15 is 0 Å². The molecule has 136 valence electrons. The van der Waals surface area contributed by atoms with E-state index in [1.54, 1.807) is 0 Å². The molecule has 0 saturated heterocycles. The van der Waals surface area contributed by atoms with Crippen molar-refractivity contribution in [2.75, 3.05) is 13.2 Å². The van der Waals surface area contributed by atoms with Crippen LogP contribution in [0.5, 0.6) is 0 Å². The van der Waals surface area contributed by atoms with Gasteiger partial charge >= 0.3 is 6.09 Å². The number of fused-ring (bicyclic) bond motifs is 3. The van der Waals surface area contributed by atoms with Gasteiger partial charge in [-0.3, -0.25) is 0 Å². The van der Waals surface area contributed by atoms with E-state index in [4.69, 9.17) is 4.74 Å². The number of hydrogen-bond donors (Lipinski definition) is 2. The van der Waals surface area contributed by atoms with Crippen LogP contribution < -0.4 is 5.32 Å². The third kappa shape index (κ3) is 2.88. The molecule has 0 radical (unpaired) electrons. The highest BCUT2D eigenvalue weighted by Crippen LogP contribution is 2.44. The summed E-state index contributed by atoms with van der Waals surface area (Å²) in [7, 11) is 0. The summed E-state index contributed by atoms with van der Waals surface area (Å²) in [6.07, 6.45) is 2.80. The standard InChI is InChI=1S/C22H25NO3/c1-22(14-24,15-7-6-8-15)23-21(25)26-13-20-18-11-4-2-9-16(18)17-10-3-5-12-19(17)20/h2-5,9-12,15,20,24H,6-8,13-14H2,1H3,(H,23,25). The van der Waals surface area contributed by atoms with Gasteiger partial charge in [-0.1, -0.05) is 55.0 Å². The van der Waals surface area contributed by atoms with E-state index in [-0.39, 0.29) is 12.5 Å². The molecule has 1 unspecified atom stereocenters. The number of hydrogen-bond acceptors (Lipinski definition) is 3. The van der Waals surface area contributed by atoms with Crippen molar-refractivity contribution >= 4 is 6.09 Å². The number of benzene rings is 2. The van der Waals surface area contributed by atoms with Crippen molar-refractivity contribution in [3.05, 3.63) is 59.7 Å². The Morgan fingerprint density at radius 2 is 1.69 bits per heavy atom. The Kier molecular flexibility index (Phi) is 4.45. The van der Waals surface area contributed by atoms with Gasteiger partial charge in [0.25, 0.3) is 0 Å². The maximum atomic E-state index is 12.4. The molecule has 0 spiro atoms. The summed E-state index contributed by atoms with van der Waals surface area (Å²) in [6, 6.07) is 16.6. The Balaban J connectivity index is 1.47. The number of alkyl carbamates (subject to hydrolysis) is 1. The molecule has 0 aromatic heterocycles. The van der Waals surface area contributed by atoms with Gasteiger partial charge in [0.2, 0.25) is 0 Å². The maximum absolute atomic E-state index is 12.4. The summed E-state index contributed by atoms with van der Waals surface area (Å²) < 4.78 is 5.59. The minimum Gasteiger partial charge on any atom is -0.449 e. The first-order chi connectivity index (χ1) is 12.6. The molecule has 2 N–H and O–H groups in total.